The summed E-state index contributed by atoms with van der Waals surface area (Å²) in [6, 6.07) is 8.36. The van der Waals surface area contributed by atoms with Gasteiger partial charge in [-0.2, -0.15) is 13.2 Å². The molecule has 174 valence electrons. The first kappa shape index (κ1) is 23.7. The van der Waals surface area contributed by atoms with Gasteiger partial charge in [-0.05, 0) is 62.5 Å². The van der Waals surface area contributed by atoms with Crippen LogP contribution >= 0.6 is 0 Å². The molecule has 3 rings (SSSR count). The fourth-order valence-electron chi connectivity index (χ4n) is 4.49. The third-order valence-electron chi connectivity index (χ3n) is 6.08. The summed E-state index contributed by atoms with van der Waals surface area (Å²) in [7, 11) is 3.39. The normalized spacial score (nSPS) is 22.0. The number of benzene rings is 1. The Morgan fingerprint density at radius 3 is 2.68 bits per heavy atom. The molecular weight excluding hydrogens is 407 g/mol. The van der Waals surface area contributed by atoms with Crippen molar-refractivity contribution in [2.45, 2.75) is 31.5 Å². The zero-order valence-corrected chi connectivity index (χ0v) is 18.4. The number of nitrogens with zero attached hydrogens (tertiary/aromatic N) is 3. The second-order valence-electron chi connectivity index (χ2n) is 8.37. The van der Waals surface area contributed by atoms with Crippen molar-refractivity contribution in [2.75, 3.05) is 60.0 Å². The van der Waals surface area contributed by atoms with Crippen LogP contribution in [0, 0.1) is 5.92 Å². The average molecular weight is 442 g/mol. The van der Waals surface area contributed by atoms with Gasteiger partial charge in [0.15, 0.2) is 5.96 Å². The van der Waals surface area contributed by atoms with Gasteiger partial charge in [-0.1, -0.05) is 12.1 Å². The van der Waals surface area contributed by atoms with E-state index in [1.165, 1.54) is 23.3 Å². The maximum Gasteiger partial charge on any atom is 0.401 e. The van der Waals surface area contributed by atoms with Crippen molar-refractivity contribution in [3.05, 3.63) is 29.8 Å². The first-order chi connectivity index (χ1) is 14.9. The van der Waals surface area contributed by atoms with Crippen molar-refractivity contribution in [3.8, 4) is 5.75 Å². The van der Waals surface area contributed by atoms with E-state index in [0.717, 1.165) is 25.3 Å². The van der Waals surface area contributed by atoms with Crippen molar-refractivity contribution in [1.29, 1.82) is 0 Å². The molecule has 1 aromatic rings. The van der Waals surface area contributed by atoms with Crippen molar-refractivity contribution in [3.63, 3.8) is 0 Å². The van der Waals surface area contributed by atoms with E-state index in [1.54, 1.807) is 14.2 Å². The molecule has 1 aromatic carbocycles. The predicted octanol–water partition coefficient (Wildman–Crippen LogP) is 2.88. The van der Waals surface area contributed by atoms with Crippen molar-refractivity contribution in [1.82, 2.24) is 20.4 Å². The number of alkyl halides is 3. The minimum absolute atomic E-state index is 0.189. The smallest absolute Gasteiger partial charge is 0.401 e. The third kappa shape index (κ3) is 7.28. The highest BCUT2D eigenvalue weighted by Crippen LogP contribution is 2.27. The Morgan fingerprint density at radius 1 is 1.23 bits per heavy atom. The van der Waals surface area contributed by atoms with Gasteiger partial charge in [0, 0.05) is 26.7 Å². The summed E-state index contributed by atoms with van der Waals surface area (Å²) in [6.45, 7) is 3.56. The van der Waals surface area contributed by atoms with Crippen molar-refractivity contribution < 1.29 is 17.9 Å². The molecule has 0 aliphatic carbocycles. The molecule has 2 heterocycles. The number of ether oxygens (including phenoxy) is 1. The lowest BCUT2D eigenvalue weighted by molar-refractivity contribution is -0.143. The van der Waals surface area contributed by atoms with Crippen LogP contribution in [0.4, 0.5) is 13.2 Å². The summed E-state index contributed by atoms with van der Waals surface area (Å²) in [5.74, 6) is 1.71. The van der Waals surface area contributed by atoms with Crippen LogP contribution in [0.15, 0.2) is 29.3 Å². The molecule has 0 saturated carbocycles. The maximum atomic E-state index is 12.6. The monoisotopic (exact) mass is 441 g/mol. The van der Waals surface area contributed by atoms with Gasteiger partial charge < -0.3 is 15.4 Å². The topological polar surface area (TPSA) is 52.1 Å². The van der Waals surface area contributed by atoms with Gasteiger partial charge in [0.05, 0.1) is 19.7 Å². The van der Waals surface area contributed by atoms with Crippen molar-refractivity contribution >= 4 is 5.96 Å². The highest BCUT2D eigenvalue weighted by molar-refractivity contribution is 5.79. The summed E-state index contributed by atoms with van der Waals surface area (Å²) in [4.78, 5) is 8.27. The second kappa shape index (κ2) is 11.0. The lowest BCUT2D eigenvalue weighted by Crippen LogP contribution is -2.44. The van der Waals surface area contributed by atoms with E-state index in [-0.39, 0.29) is 12.0 Å². The Kier molecular flexibility index (Phi) is 8.43. The summed E-state index contributed by atoms with van der Waals surface area (Å²) < 4.78 is 43.2. The van der Waals surface area contributed by atoms with E-state index in [0.29, 0.717) is 32.1 Å². The molecule has 2 unspecified atom stereocenters. The average Bonchev–Trinajstić information content (AvgIpc) is 3.42. The van der Waals surface area contributed by atoms with Crippen molar-refractivity contribution in [2.24, 2.45) is 10.9 Å². The number of likely N-dealkylation sites (tertiary alicyclic amines) is 2. The fourth-order valence-corrected chi connectivity index (χ4v) is 4.49. The van der Waals surface area contributed by atoms with Crippen LogP contribution in [-0.2, 0) is 0 Å². The summed E-state index contributed by atoms with van der Waals surface area (Å²) in [6.07, 6.45) is -0.974. The van der Waals surface area contributed by atoms with E-state index in [9.17, 15) is 13.2 Å². The fraction of sp³-hybridized carbons (Fsp3) is 0.682. The molecule has 9 heteroatoms. The molecule has 2 aliphatic rings. The molecule has 0 spiro atoms. The van der Waals surface area contributed by atoms with Gasteiger partial charge in [0.25, 0.3) is 0 Å². The second-order valence-corrected chi connectivity index (χ2v) is 8.37. The highest BCUT2D eigenvalue weighted by atomic mass is 19.4. The molecule has 0 amide bonds. The predicted molar refractivity (Wildman–Crippen MR) is 117 cm³/mol. The number of halogens is 3. The standard InChI is InChI=1S/C22H34F3N5O/c1-26-21(27-13-17-8-11-29(15-17)16-22(23,24)25)28-14-20(30-9-3-4-10-30)18-6-5-7-19(12-18)31-2/h5-7,12,17,20H,3-4,8-11,13-16H2,1-2H3,(H2,26,27,28). The van der Waals surface area contributed by atoms with Crippen LogP contribution < -0.4 is 15.4 Å². The number of hydrogen-bond acceptors (Lipinski definition) is 4. The van der Waals surface area contributed by atoms with Crippen LogP contribution in [0.3, 0.4) is 0 Å². The van der Waals surface area contributed by atoms with Crippen LogP contribution in [-0.4, -0.2) is 81.9 Å². The molecule has 6 nitrogen and oxygen atoms in total. The molecule has 2 atom stereocenters. The quantitative estimate of drug-likeness (QED) is 0.480. The van der Waals surface area contributed by atoms with Crippen LogP contribution in [0.1, 0.15) is 30.9 Å². The molecular formula is C22H34F3N5O. The Labute approximate surface area is 182 Å². The Hall–Kier alpha value is -2.00. The number of aliphatic imine (C=N–C) groups is 1. The molecule has 2 aliphatic heterocycles. The first-order valence-corrected chi connectivity index (χ1v) is 11.0. The first-order valence-electron chi connectivity index (χ1n) is 11.0. The van der Waals surface area contributed by atoms with Gasteiger partial charge in [-0.3, -0.25) is 14.8 Å². The molecule has 0 bridgehead atoms. The van der Waals surface area contributed by atoms with Gasteiger partial charge in [0.1, 0.15) is 5.75 Å². The summed E-state index contributed by atoms with van der Waals surface area (Å²) in [5, 5.41) is 6.72. The third-order valence-corrected chi connectivity index (χ3v) is 6.08. The number of guanidine groups is 1. The Morgan fingerprint density at radius 2 is 2.00 bits per heavy atom. The largest absolute Gasteiger partial charge is 0.497 e. The molecule has 0 radical (unpaired) electrons. The number of nitrogens with one attached hydrogen (secondary N) is 2. The van der Waals surface area contributed by atoms with Crippen LogP contribution in [0.2, 0.25) is 0 Å². The molecule has 2 saturated heterocycles. The highest BCUT2D eigenvalue weighted by Gasteiger charge is 2.34. The lowest BCUT2D eigenvalue weighted by Gasteiger charge is -2.29. The number of rotatable bonds is 8. The minimum atomic E-state index is -4.13. The van der Waals surface area contributed by atoms with Gasteiger partial charge in [-0.15, -0.1) is 0 Å². The number of hydrogen-bond donors (Lipinski definition) is 2. The molecule has 0 aromatic heterocycles. The SMILES string of the molecule is CN=C(NCC1CCN(CC(F)(F)F)C1)NCC(c1cccc(OC)c1)N1CCCC1. The maximum absolute atomic E-state index is 12.6. The molecule has 2 N–H and O–H groups in total. The molecule has 31 heavy (non-hydrogen) atoms. The zero-order valence-electron chi connectivity index (χ0n) is 18.4. The van der Waals surface area contributed by atoms with Gasteiger partial charge >= 0.3 is 6.18 Å². The van der Waals surface area contributed by atoms with Gasteiger partial charge in [-0.25, -0.2) is 0 Å². The van der Waals surface area contributed by atoms with Gasteiger partial charge in [0.2, 0.25) is 0 Å². The minimum Gasteiger partial charge on any atom is -0.497 e. The Balaban J connectivity index is 1.52. The van der Waals surface area contributed by atoms with E-state index in [1.807, 2.05) is 12.1 Å². The van der Waals surface area contributed by atoms with E-state index >= 15 is 0 Å². The summed E-state index contributed by atoms with van der Waals surface area (Å²) >= 11 is 0. The van der Waals surface area contributed by atoms with E-state index in [4.69, 9.17) is 4.74 Å². The summed E-state index contributed by atoms with van der Waals surface area (Å²) in [5.41, 5.74) is 1.20. The van der Waals surface area contributed by atoms with Crippen LogP contribution in [0.5, 0.6) is 5.75 Å². The van der Waals surface area contributed by atoms with E-state index in [2.05, 4.69) is 32.7 Å². The molecule has 2 fully saturated rings. The lowest BCUT2D eigenvalue weighted by atomic mass is 10.1. The zero-order chi connectivity index (χ0) is 22.3. The van der Waals surface area contributed by atoms with Crippen LogP contribution in [0.25, 0.3) is 0 Å². The van der Waals surface area contributed by atoms with E-state index < -0.39 is 12.7 Å². The Bertz CT molecular complexity index is 721. The number of methoxy groups -OCH3 is 1.